The first-order chi connectivity index (χ1) is 6.93. The Morgan fingerprint density at radius 2 is 2.27 bits per heavy atom. The van der Waals surface area contributed by atoms with Crippen molar-refractivity contribution < 1.29 is 9.90 Å². The fraction of sp³-hybridized carbons (Fsp3) is 0.545. The molecule has 0 amide bonds. The molecule has 3 nitrogen and oxygen atoms in total. The molecule has 2 N–H and O–H groups in total. The van der Waals surface area contributed by atoms with E-state index in [-0.39, 0.29) is 0 Å². The van der Waals surface area contributed by atoms with Gasteiger partial charge in [0.25, 0.3) is 0 Å². The van der Waals surface area contributed by atoms with Gasteiger partial charge in [0.15, 0.2) is 0 Å². The highest BCUT2D eigenvalue weighted by atomic mass is 32.1. The van der Waals surface area contributed by atoms with E-state index in [4.69, 9.17) is 5.11 Å². The van der Waals surface area contributed by atoms with Crippen LogP contribution in [0, 0.1) is 6.92 Å². The Morgan fingerprint density at radius 1 is 1.60 bits per heavy atom. The molecule has 1 aromatic heterocycles. The first-order valence-electron chi connectivity index (χ1n) is 4.95. The van der Waals surface area contributed by atoms with E-state index >= 15 is 0 Å². The molecule has 0 aliphatic rings. The van der Waals surface area contributed by atoms with Crippen LogP contribution in [0.4, 0.5) is 0 Å². The van der Waals surface area contributed by atoms with Crippen molar-refractivity contribution >= 4 is 17.3 Å². The van der Waals surface area contributed by atoms with Gasteiger partial charge in [0.1, 0.15) is 5.54 Å². The maximum atomic E-state index is 10.8. The van der Waals surface area contributed by atoms with Crippen LogP contribution in [0.3, 0.4) is 0 Å². The molecule has 0 bridgehead atoms. The molecule has 1 rings (SSSR count). The van der Waals surface area contributed by atoms with Gasteiger partial charge in [0, 0.05) is 11.4 Å². The van der Waals surface area contributed by atoms with Crippen molar-refractivity contribution in [3.05, 3.63) is 21.9 Å². The Hall–Kier alpha value is -0.870. The number of nitrogens with one attached hydrogen (secondary N) is 1. The number of thiophene rings is 1. The van der Waals surface area contributed by atoms with Crippen molar-refractivity contribution in [1.82, 2.24) is 5.32 Å². The van der Waals surface area contributed by atoms with E-state index in [2.05, 4.69) is 23.7 Å². The van der Waals surface area contributed by atoms with Crippen LogP contribution in [0.2, 0.25) is 0 Å². The smallest absolute Gasteiger partial charge is 0.323 e. The minimum atomic E-state index is -0.842. The molecule has 1 aromatic rings. The van der Waals surface area contributed by atoms with Gasteiger partial charge in [-0.1, -0.05) is 0 Å². The summed E-state index contributed by atoms with van der Waals surface area (Å²) in [6.45, 7) is 6.13. The van der Waals surface area contributed by atoms with E-state index in [9.17, 15) is 4.79 Å². The monoisotopic (exact) mass is 227 g/mol. The van der Waals surface area contributed by atoms with Crippen LogP contribution >= 0.6 is 11.3 Å². The quantitative estimate of drug-likeness (QED) is 0.809. The normalized spacial score (nSPS) is 11.7. The SMILES string of the molecule is Cc1ccsc1CCNC(C)(C)C(=O)O. The number of hydrogen-bond donors (Lipinski definition) is 2. The van der Waals surface area contributed by atoms with Crippen molar-refractivity contribution in [3.8, 4) is 0 Å². The van der Waals surface area contributed by atoms with Crippen LogP contribution in [0.15, 0.2) is 11.4 Å². The fourth-order valence-corrected chi connectivity index (χ4v) is 2.13. The maximum absolute atomic E-state index is 10.8. The van der Waals surface area contributed by atoms with Crippen LogP contribution in [-0.4, -0.2) is 23.2 Å². The first kappa shape index (κ1) is 12.2. The van der Waals surface area contributed by atoms with Gasteiger partial charge in [-0.15, -0.1) is 11.3 Å². The van der Waals surface area contributed by atoms with Crippen LogP contribution < -0.4 is 5.32 Å². The Morgan fingerprint density at radius 3 is 2.73 bits per heavy atom. The zero-order valence-corrected chi connectivity index (χ0v) is 10.1. The lowest BCUT2D eigenvalue weighted by Gasteiger charge is -2.20. The molecule has 0 saturated heterocycles. The molecule has 0 atom stereocenters. The number of carboxylic acid groups (broad SMARTS) is 1. The number of aliphatic carboxylic acids is 1. The molecule has 0 fully saturated rings. The van der Waals surface area contributed by atoms with Gasteiger partial charge < -0.3 is 10.4 Å². The summed E-state index contributed by atoms with van der Waals surface area (Å²) in [7, 11) is 0. The van der Waals surface area contributed by atoms with E-state index in [0.29, 0.717) is 6.54 Å². The van der Waals surface area contributed by atoms with Crippen molar-refractivity contribution in [1.29, 1.82) is 0 Å². The van der Waals surface area contributed by atoms with Gasteiger partial charge >= 0.3 is 5.97 Å². The van der Waals surface area contributed by atoms with Crippen LogP contribution in [0.1, 0.15) is 24.3 Å². The summed E-state index contributed by atoms with van der Waals surface area (Å²) in [5.41, 5.74) is 0.445. The van der Waals surface area contributed by atoms with Gasteiger partial charge in [-0.25, -0.2) is 0 Å². The third-order valence-electron chi connectivity index (χ3n) is 2.42. The molecule has 0 aliphatic heterocycles. The Bertz CT molecular complexity index is 344. The Balaban J connectivity index is 2.40. The number of aryl methyl sites for hydroxylation is 1. The lowest BCUT2D eigenvalue weighted by molar-refractivity contribution is -0.143. The van der Waals surface area contributed by atoms with Crippen LogP contribution in [0.5, 0.6) is 0 Å². The predicted octanol–water partition coefficient (Wildman–Crippen LogP) is 2.05. The largest absolute Gasteiger partial charge is 0.480 e. The number of carbonyl (C=O) groups is 1. The number of rotatable bonds is 5. The summed E-state index contributed by atoms with van der Waals surface area (Å²) in [5.74, 6) is -0.814. The average Bonchev–Trinajstić information content (AvgIpc) is 2.51. The van der Waals surface area contributed by atoms with Crippen molar-refractivity contribution in [2.75, 3.05) is 6.54 Å². The zero-order valence-electron chi connectivity index (χ0n) is 9.33. The molecule has 0 radical (unpaired) electrons. The average molecular weight is 227 g/mol. The summed E-state index contributed by atoms with van der Waals surface area (Å²) >= 11 is 1.72. The van der Waals surface area contributed by atoms with E-state index in [1.807, 2.05) is 0 Å². The second-order valence-corrected chi connectivity index (χ2v) is 5.13. The van der Waals surface area contributed by atoms with Gasteiger partial charge in [-0.05, 0) is 44.2 Å². The molecule has 0 spiro atoms. The third kappa shape index (κ3) is 3.32. The molecule has 0 aliphatic carbocycles. The molecule has 15 heavy (non-hydrogen) atoms. The number of carboxylic acids is 1. The van der Waals surface area contributed by atoms with Gasteiger partial charge in [0.05, 0.1) is 0 Å². The minimum absolute atomic E-state index is 0.695. The van der Waals surface area contributed by atoms with E-state index in [0.717, 1.165) is 6.42 Å². The number of hydrogen-bond acceptors (Lipinski definition) is 3. The Labute approximate surface area is 94.1 Å². The van der Waals surface area contributed by atoms with E-state index < -0.39 is 11.5 Å². The van der Waals surface area contributed by atoms with Gasteiger partial charge in [-0.3, -0.25) is 4.79 Å². The molecule has 0 saturated carbocycles. The van der Waals surface area contributed by atoms with Gasteiger partial charge in [0.2, 0.25) is 0 Å². The molecule has 4 heteroatoms. The topological polar surface area (TPSA) is 49.3 Å². The summed E-state index contributed by atoms with van der Waals surface area (Å²) < 4.78 is 0. The predicted molar refractivity (Wildman–Crippen MR) is 62.5 cm³/mol. The van der Waals surface area contributed by atoms with E-state index in [1.54, 1.807) is 25.2 Å². The molecule has 0 unspecified atom stereocenters. The second kappa shape index (κ2) is 4.77. The fourth-order valence-electron chi connectivity index (χ4n) is 1.22. The van der Waals surface area contributed by atoms with Gasteiger partial charge in [-0.2, -0.15) is 0 Å². The van der Waals surface area contributed by atoms with Crippen molar-refractivity contribution in [2.45, 2.75) is 32.7 Å². The molecular formula is C11H17NO2S. The maximum Gasteiger partial charge on any atom is 0.323 e. The van der Waals surface area contributed by atoms with Crippen LogP contribution in [-0.2, 0) is 11.2 Å². The van der Waals surface area contributed by atoms with Crippen molar-refractivity contribution in [2.24, 2.45) is 0 Å². The molecule has 84 valence electrons. The summed E-state index contributed by atoms with van der Waals surface area (Å²) in [5, 5.41) is 14.0. The zero-order chi connectivity index (χ0) is 11.5. The first-order valence-corrected chi connectivity index (χ1v) is 5.83. The highest BCUT2D eigenvalue weighted by molar-refractivity contribution is 7.10. The third-order valence-corrected chi connectivity index (χ3v) is 3.50. The highest BCUT2D eigenvalue weighted by Gasteiger charge is 2.25. The summed E-state index contributed by atoms with van der Waals surface area (Å²) in [6.07, 6.45) is 0.889. The summed E-state index contributed by atoms with van der Waals surface area (Å²) in [4.78, 5) is 12.1. The minimum Gasteiger partial charge on any atom is -0.480 e. The van der Waals surface area contributed by atoms with Crippen molar-refractivity contribution in [3.63, 3.8) is 0 Å². The van der Waals surface area contributed by atoms with Crippen LogP contribution in [0.25, 0.3) is 0 Å². The Kier molecular flexibility index (Phi) is 3.88. The standard InChI is InChI=1S/C11H17NO2S/c1-8-5-7-15-9(8)4-6-12-11(2,3)10(13)14/h5,7,12H,4,6H2,1-3H3,(H,13,14). The molecular weight excluding hydrogens is 210 g/mol. The lowest BCUT2D eigenvalue weighted by Crippen LogP contribution is -2.47. The molecule has 0 aromatic carbocycles. The second-order valence-electron chi connectivity index (χ2n) is 4.13. The lowest BCUT2D eigenvalue weighted by atomic mass is 10.1. The summed E-state index contributed by atoms with van der Waals surface area (Å²) in [6, 6.07) is 2.09. The van der Waals surface area contributed by atoms with E-state index in [1.165, 1.54) is 10.4 Å². The highest BCUT2D eigenvalue weighted by Crippen LogP contribution is 2.15. The molecule has 1 heterocycles.